The molecule has 1 fully saturated rings. The summed E-state index contributed by atoms with van der Waals surface area (Å²) in [7, 11) is 6.09. The van der Waals surface area contributed by atoms with Crippen LogP contribution in [-0.2, 0) is 0 Å². The fourth-order valence-electron chi connectivity index (χ4n) is 2.92. The van der Waals surface area contributed by atoms with Gasteiger partial charge in [-0.15, -0.1) is 0 Å². The minimum Gasteiger partial charge on any atom is -0.372 e. The number of nitro benzene ring substituents is 1. The molecule has 0 N–H and O–H groups in total. The van der Waals surface area contributed by atoms with Gasteiger partial charge in [0.15, 0.2) is 0 Å². The van der Waals surface area contributed by atoms with Crippen molar-refractivity contribution < 1.29 is 4.92 Å². The van der Waals surface area contributed by atoms with Crippen molar-refractivity contribution in [3.63, 3.8) is 0 Å². The molecule has 2 rings (SSSR count). The second kappa shape index (κ2) is 5.70. The highest BCUT2D eigenvalue weighted by molar-refractivity contribution is 5.62. The Labute approximate surface area is 124 Å². The van der Waals surface area contributed by atoms with Crippen LogP contribution in [0.3, 0.4) is 0 Å². The highest BCUT2D eigenvalue weighted by Gasteiger charge is 2.40. The summed E-state index contributed by atoms with van der Waals surface area (Å²) >= 11 is 0. The lowest BCUT2D eigenvalue weighted by Crippen LogP contribution is -2.56. The lowest BCUT2D eigenvalue weighted by atomic mass is 9.75. The molecule has 0 spiro atoms. The molecule has 1 aliphatic rings. The van der Waals surface area contributed by atoms with Crippen LogP contribution >= 0.6 is 0 Å². The summed E-state index contributed by atoms with van der Waals surface area (Å²) < 4.78 is 0. The number of nitro groups is 1. The molecule has 0 atom stereocenters. The van der Waals surface area contributed by atoms with Crippen molar-refractivity contribution >= 4 is 11.4 Å². The average Bonchev–Trinajstić information content (AvgIpc) is 2.41. The number of nitrogens with zero attached hydrogens (tertiary/aromatic N) is 4. The monoisotopic (exact) mass is 288 g/mol. The molecule has 0 saturated heterocycles. The smallest absolute Gasteiger partial charge is 0.270 e. The van der Waals surface area contributed by atoms with Crippen molar-refractivity contribution in [2.45, 2.75) is 24.8 Å². The highest BCUT2D eigenvalue weighted by atomic mass is 16.6. The molecule has 0 bridgehead atoms. The third kappa shape index (κ3) is 2.83. The molecule has 0 heterocycles. The molecule has 1 saturated carbocycles. The van der Waals surface area contributed by atoms with E-state index in [2.05, 4.69) is 25.1 Å². The molecule has 0 radical (unpaired) electrons. The van der Waals surface area contributed by atoms with Crippen LogP contribution < -0.4 is 4.90 Å². The van der Waals surface area contributed by atoms with E-state index in [-0.39, 0.29) is 11.2 Å². The fraction of sp³-hybridized carbons (Fsp3) is 0.533. The molecule has 21 heavy (non-hydrogen) atoms. The Bertz CT molecular complexity index is 588. The SMILES string of the molecule is CN(CC1(N(C)C)CCC1)c1ccc([N+](=O)[O-])cc1C#N. The topological polar surface area (TPSA) is 73.4 Å². The van der Waals surface area contributed by atoms with E-state index in [4.69, 9.17) is 0 Å². The Morgan fingerprint density at radius 3 is 2.48 bits per heavy atom. The fourth-order valence-corrected chi connectivity index (χ4v) is 2.92. The van der Waals surface area contributed by atoms with Crippen molar-refractivity contribution in [2.24, 2.45) is 0 Å². The first-order valence-corrected chi connectivity index (χ1v) is 6.97. The molecule has 6 heteroatoms. The average molecular weight is 288 g/mol. The molecule has 112 valence electrons. The first kappa shape index (κ1) is 15.3. The van der Waals surface area contributed by atoms with E-state index in [1.165, 1.54) is 18.6 Å². The predicted octanol–water partition coefficient (Wildman–Crippen LogP) is 2.39. The standard InChI is InChI=1S/C15H20N4O2/c1-17(2)15(7-4-8-15)11-18(3)14-6-5-13(19(20)21)9-12(14)10-16/h5-6,9H,4,7-8,11H2,1-3H3. The third-order valence-corrected chi connectivity index (χ3v) is 4.49. The number of likely N-dealkylation sites (N-methyl/N-ethyl adjacent to an activating group) is 2. The Balaban J connectivity index is 2.25. The number of rotatable bonds is 5. The van der Waals surface area contributed by atoms with Crippen molar-refractivity contribution in [3.05, 3.63) is 33.9 Å². The van der Waals surface area contributed by atoms with Gasteiger partial charge >= 0.3 is 0 Å². The summed E-state index contributed by atoms with van der Waals surface area (Å²) in [6.45, 7) is 0.812. The molecule has 0 aliphatic heterocycles. The molecule has 0 unspecified atom stereocenters. The van der Waals surface area contributed by atoms with E-state index in [9.17, 15) is 15.4 Å². The minimum atomic E-state index is -0.474. The van der Waals surface area contributed by atoms with Crippen molar-refractivity contribution in [2.75, 3.05) is 32.6 Å². The zero-order chi connectivity index (χ0) is 15.6. The number of hydrogen-bond acceptors (Lipinski definition) is 5. The van der Waals surface area contributed by atoms with E-state index < -0.39 is 4.92 Å². The van der Waals surface area contributed by atoms with Gasteiger partial charge in [-0.25, -0.2) is 0 Å². The van der Waals surface area contributed by atoms with E-state index >= 15 is 0 Å². The van der Waals surface area contributed by atoms with Gasteiger partial charge in [-0.3, -0.25) is 10.1 Å². The number of anilines is 1. The lowest BCUT2D eigenvalue weighted by Gasteiger charge is -2.49. The van der Waals surface area contributed by atoms with Gasteiger partial charge in [-0.05, 0) is 39.4 Å². The van der Waals surface area contributed by atoms with Crippen molar-refractivity contribution in [1.82, 2.24) is 4.90 Å². The van der Waals surface area contributed by atoms with Gasteiger partial charge < -0.3 is 9.80 Å². The highest BCUT2D eigenvalue weighted by Crippen LogP contribution is 2.38. The first-order valence-electron chi connectivity index (χ1n) is 6.97. The van der Waals surface area contributed by atoms with Crippen LogP contribution in [0.1, 0.15) is 24.8 Å². The summed E-state index contributed by atoms with van der Waals surface area (Å²) in [6.07, 6.45) is 3.50. The van der Waals surface area contributed by atoms with E-state index in [0.29, 0.717) is 5.56 Å². The quantitative estimate of drug-likeness (QED) is 0.614. The number of hydrogen-bond donors (Lipinski definition) is 0. The Kier molecular flexibility index (Phi) is 4.14. The summed E-state index contributed by atoms with van der Waals surface area (Å²) in [4.78, 5) is 14.6. The summed E-state index contributed by atoms with van der Waals surface area (Å²) in [6, 6.07) is 6.52. The van der Waals surface area contributed by atoms with Crippen LogP contribution in [0.5, 0.6) is 0 Å². The normalized spacial score (nSPS) is 16.1. The maximum Gasteiger partial charge on any atom is 0.270 e. The number of non-ortho nitro benzene ring substituents is 1. The Morgan fingerprint density at radius 2 is 2.05 bits per heavy atom. The summed E-state index contributed by atoms with van der Waals surface area (Å²) in [5, 5.41) is 20.0. The molecule has 1 aliphatic carbocycles. The van der Waals surface area contributed by atoms with Gasteiger partial charge in [0.1, 0.15) is 6.07 Å². The molecule has 1 aromatic carbocycles. The molecule has 1 aromatic rings. The molecule has 6 nitrogen and oxygen atoms in total. The minimum absolute atomic E-state index is 0.0466. The molecule has 0 amide bonds. The zero-order valence-electron chi connectivity index (χ0n) is 12.7. The van der Waals surface area contributed by atoms with Crippen LogP contribution in [0.2, 0.25) is 0 Å². The van der Waals surface area contributed by atoms with Gasteiger partial charge in [0.2, 0.25) is 0 Å². The van der Waals surface area contributed by atoms with Gasteiger partial charge in [0.25, 0.3) is 5.69 Å². The van der Waals surface area contributed by atoms with Gasteiger partial charge in [-0.1, -0.05) is 0 Å². The van der Waals surface area contributed by atoms with Crippen LogP contribution in [0.4, 0.5) is 11.4 Å². The van der Waals surface area contributed by atoms with Crippen LogP contribution in [0.25, 0.3) is 0 Å². The Morgan fingerprint density at radius 1 is 1.38 bits per heavy atom. The molecule has 0 aromatic heterocycles. The van der Waals surface area contributed by atoms with Gasteiger partial charge in [0, 0.05) is 31.3 Å². The zero-order valence-corrected chi connectivity index (χ0v) is 12.7. The van der Waals surface area contributed by atoms with Crippen LogP contribution in [-0.4, -0.2) is 43.0 Å². The van der Waals surface area contributed by atoms with Crippen molar-refractivity contribution in [1.29, 1.82) is 5.26 Å². The maximum atomic E-state index is 10.8. The number of nitriles is 1. The van der Waals surface area contributed by atoms with Crippen LogP contribution in [0.15, 0.2) is 18.2 Å². The second-order valence-electron chi connectivity index (χ2n) is 5.90. The summed E-state index contributed by atoms with van der Waals surface area (Å²) in [5.41, 5.74) is 1.19. The second-order valence-corrected chi connectivity index (χ2v) is 5.90. The largest absolute Gasteiger partial charge is 0.372 e. The van der Waals surface area contributed by atoms with E-state index in [1.54, 1.807) is 6.07 Å². The van der Waals surface area contributed by atoms with Gasteiger partial charge in [-0.2, -0.15) is 5.26 Å². The van der Waals surface area contributed by atoms with Crippen LogP contribution in [0, 0.1) is 21.4 Å². The predicted molar refractivity (Wildman–Crippen MR) is 81.4 cm³/mol. The van der Waals surface area contributed by atoms with E-state index in [0.717, 1.165) is 25.1 Å². The van der Waals surface area contributed by atoms with E-state index in [1.807, 2.05) is 11.9 Å². The maximum absolute atomic E-state index is 10.8. The lowest BCUT2D eigenvalue weighted by molar-refractivity contribution is -0.384. The summed E-state index contributed by atoms with van der Waals surface area (Å²) in [5.74, 6) is 0. The molecular weight excluding hydrogens is 268 g/mol. The van der Waals surface area contributed by atoms with Gasteiger partial charge in [0.05, 0.1) is 16.2 Å². The third-order valence-electron chi connectivity index (χ3n) is 4.49. The number of benzene rings is 1. The Hall–Kier alpha value is -2.13. The molecular formula is C15H20N4O2. The first-order chi connectivity index (χ1) is 9.89. The van der Waals surface area contributed by atoms with Crippen molar-refractivity contribution in [3.8, 4) is 6.07 Å².